The molecule has 0 radical (unpaired) electrons. The molecule has 1 aliphatic rings. The van der Waals surface area contributed by atoms with Crippen LogP contribution in [0.4, 0.5) is 19.0 Å². The van der Waals surface area contributed by atoms with Crippen LogP contribution >= 0.6 is 0 Å². The van der Waals surface area contributed by atoms with E-state index in [2.05, 4.69) is 16.5 Å². The van der Waals surface area contributed by atoms with Crippen molar-refractivity contribution in [2.45, 2.75) is 12.6 Å². The third kappa shape index (κ3) is 4.45. The van der Waals surface area contributed by atoms with Gasteiger partial charge in [0.25, 0.3) is 0 Å². The normalized spacial score (nSPS) is 14.9. The van der Waals surface area contributed by atoms with Crippen LogP contribution in [0.1, 0.15) is 16.8 Å². The smallest absolute Gasteiger partial charge is 0.352 e. The molecule has 0 unspecified atom stereocenters. The summed E-state index contributed by atoms with van der Waals surface area (Å²) in [4.78, 5) is 24.2. The third-order valence-corrected chi connectivity index (χ3v) is 4.47. The summed E-state index contributed by atoms with van der Waals surface area (Å²) in [6.07, 6.45) is 0.493. The van der Waals surface area contributed by atoms with Gasteiger partial charge in [-0.25, -0.2) is 4.98 Å². The molecule has 0 saturated carbocycles. The SMILES string of the molecule is C=CC(=O)N1CCN(c2nccnc2Cc2ccc(C(F)(F)F)cc2)CC1. The van der Waals surface area contributed by atoms with E-state index in [4.69, 9.17) is 0 Å². The summed E-state index contributed by atoms with van der Waals surface area (Å²) in [6.45, 7) is 5.83. The Morgan fingerprint density at radius 1 is 1.07 bits per heavy atom. The van der Waals surface area contributed by atoms with Crippen molar-refractivity contribution in [3.05, 3.63) is 66.1 Å². The Kier molecular flexibility index (Phi) is 5.43. The Hall–Kier alpha value is -2.90. The molecule has 27 heavy (non-hydrogen) atoms. The molecule has 1 aromatic heterocycles. The van der Waals surface area contributed by atoms with E-state index in [0.717, 1.165) is 17.7 Å². The van der Waals surface area contributed by atoms with E-state index in [1.165, 1.54) is 18.2 Å². The molecule has 0 N–H and O–H groups in total. The molecule has 1 saturated heterocycles. The van der Waals surface area contributed by atoms with Crippen molar-refractivity contribution in [1.82, 2.24) is 14.9 Å². The largest absolute Gasteiger partial charge is 0.416 e. The van der Waals surface area contributed by atoms with E-state index in [-0.39, 0.29) is 5.91 Å². The van der Waals surface area contributed by atoms with Gasteiger partial charge in [0.2, 0.25) is 5.91 Å². The zero-order chi connectivity index (χ0) is 19.4. The number of rotatable bonds is 4. The number of aromatic nitrogens is 2. The van der Waals surface area contributed by atoms with Crippen molar-refractivity contribution in [3.63, 3.8) is 0 Å². The van der Waals surface area contributed by atoms with Gasteiger partial charge in [-0.1, -0.05) is 18.7 Å². The van der Waals surface area contributed by atoms with Gasteiger partial charge in [0.15, 0.2) is 5.82 Å². The second kappa shape index (κ2) is 7.77. The molecule has 2 aromatic rings. The third-order valence-electron chi connectivity index (χ3n) is 4.47. The van der Waals surface area contributed by atoms with Crippen molar-refractivity contribution in [3.8, 4) is 0 Å². The molecule has 142 valence electrons. The first-order chi connectivity index (χ1) is 12.9. The maximum Gasteiger partial charge on any atom is 0.416 e. The fourth-order valence-electron chi connectivity index (χ4n) is 3.02. The van der Waals surface area contributed by atoms with Crippen LogP contribution in [0.5, 0.6) is 0 Å². The number of alkyl halides is 3. The molecule has 1 amide bonds. The van der Waals surface area contributed by atoms with Crippen LogP contribution in [0.25, 0.3) is 0 Å². The summed E-state index contributed by atoms with van der Waals surface area (Å²) in [5.74, 6) is 0.599. The van der Waals surface area contributed by atoms with Crippen molar-refractivity contribution >= 4 is 11.7 Å². The molecule has 8 heteroatoms. The van der Waals surface area contributed by atoms with Gasteiger partial charge in [-0.2, -0.15) is 13.2 Å². The number of benzene rings is 1. The topological polar surface area (TPSA) is 49.3 Å². The number of carbonyl (C=O) groups excluding carboxylic acids is 1. The van der Waals surface area contributed by atoms with Gasteiger partial charge in [0.05, 0.1) is 11.3 Å². The second-order valence-corrected chi connectivity index (χ2v) is 6.21. The van der Waals surface area contributed by atoms with E-state index >= 15 is 0 Å². The quantitative estimate of drug-likeness (QED) is 0.770. The zero-order valence-corrected chi connectivity index (χ0v) is 14.6. The van der Waals surface area contributed by atoms with Crippen LogP contribution in [0.15, 0.2) is 49.3 Å². The number of hydrogen-bond donors (Lipinski definition) is 0. The molecule has 1 fully saturated rings. The second-order valence-electron chi connectivity index (χ2n) is 6.21. The summed E-state index contributed by atoms with van der Waals surface area (Å²) < 4.78 is 38.1. The molecule has 5 nitrogen and oxygen atoms in total. The molecule has 0 spiro atoms. The minimum Gasteiger partial charge on any atom is -0.352 e. The summed E-state index contributed by atoms with van der Waals surface area (Å²) in [5, 5.41) is 0. The maximum atomic E-state index is 12.7. The first kappa shape index (κ1) is 18.9. The lowest BCUT2D eigenvalue weighted by molar-refractivity contribution is -0.137. The van der Waals surface area contributed by atoms with Crippen LogP contribution in [0.2, 0.25) is 0 Å². The summed E-state index contributed by atoms with van der Waals surface area (Å²) in [7, 11) is 0. The minimum absolute atomic E-state index is 0.0984. The predicted molar refractivity (Wildman–Crippen MR) is 95.3 cm³/mol. The highest BCUT2D eigenvalue weighted by atomic mass is 19.4. The maximum absolute atomic E-state index is 12.7. The highest BCUT2D eigenvalue weighted by Gasteiger charge is 2.30. The highest BCUT2D eigenvalue weighted by Crippen LogP contribution is 2.29. The first-order valence-electron chi connectivity index (χ1n) is 8.51. The van der Waals surface area contributed by atoms with E-state index in [0.29, 0.717) is 44.1 Å². The first-order valence-corrected chi connectivity index (χ1v) is 8.51. The molecule has 0 atom stereocenters. The standard InChI is InChI=1S/C19H19F3N4O/c1-2-17(27)25-9-11-26(12-10-25)18-16(23-7-8-24-18)13-14-3-5-15(6-4-14)19(20,21)22/h2-8H,1,9-13H2. The van der Waals surface area contributed by atoms with Crippen molar-refractivity contribution in [1.29, 1.82) is 0 Å². The Morgan fingerprint density at radius 2 is 1.70 bits per heavy atom. The van der Waals surface area contributed by atoms with Gasteiger partial charge in [0, 0.05) is 45.0 Å². The summed E-state index contributed by atoms with van der Waals surface area (Å²) in [6, 6.07) is 5.07. The van der Waals surface area contributed by atoms with Gasteiger partial charge in [0.1, 0.15) is 0 Å². The lowest BCUT2D eigenvalue weighted by Crippen LogP contribution is -2.48. The minimum atomic E-state index is -4.35. The molecule has 3 rings (SSSR count). The molecule has 1 aliphatic heterocycles. The van der Waals surface area contributed by atoms with Crippen molar-refractivity contribution in [2.75, 3.05) is 31.1 Å². The van der Waals surface area contributed by atoms with E-state index in [9.17, 15) is 18.0 Å². The number of amides is 1. The fraction of sp³-hybridized carbons (Fsp3) is 0.316. The average Bonchev–Trinajstić information content (AvgIpc) is 2.68. The summed E-state index contributed by atoms with van der Waals surface area (Å²) >= 11 is 0. The highest BCUT2D eigenvalue weighted by molar-refractivity contribution is 5.87. The number of halogens is 3. The van der Waals surface area contributed by atoms with Crippen molar-refractivity contribution in [2.24, 2.45) is 0 Å². The molecular formula is C19H19F3N4O. The molecule has 2 heterocycles. The van der Waals surface area contributed by atoms with Crippen LogP contribution in [0, 0.1) is 0 Å². The number of piperazine rings is 1. The average molecular weight is 376 g/mol. The molecule has 1 aromatic carbocycles. The number of anilines is 1. The van der Waals surface area contributed by atoms with Gasteiger partial charge < -0.3 is 9.80 Å². The number of nitrogens with zero attached hydrogens (tertiary/aromatic N) is 4. The predicted octanol–water partition coefficient (Wildman–Crippen LogP) is 2.92. The molecular weight excluding hydrogens is 357 g/mol. The Balaban J connectivity index is 1.73. The van der Waals surface area contributed by atoms with Gasteiger partial charge >= 0.3 is 6.18 Å². The van der Waals surface area contributed by atoms with Crippen LogP contribution < -0.4 is 4.90 Å². The zero-order valence-electron chi connectivity index (χ0n) is 14.6. The van der Waals surface area contributed by atoms with Crippen LogP contribution in [0.3, 0.4) is 0 Å². The van der Waals surface area contributed by atoms with Gasteiger partial charge in [-0.15, -0.1) is 0 Å². The molecule has 0 aliphatic carbocycles. The Bertz CT molecular complexity index is 812. The lowest BCUT2D eigenvalue weighted by Gasteiger charge is -2.35. The number of carbonyl (C=O) groups is 1. The monoisotopic (exact) mass is 376 g/mol. The summed E-state index contributed by atoms with van der Waals surface area (Å²) in [5.41, 5.74) is 0.750. The van der Waals surface area contributed by atoms with E-state index < -0.39 is 11.7 Å². The van der Waals surface area contributed by atoms with Crippen LogP contribution in [-0.2, 0) is 17.4 Å². The Labute approximate surface area is 155 Å². The fourth-order valence-corrected chi connectivity index (χ4v) is 3.02. The van der Waals surface area contributed by atoms with Crippen molar-refractivity contribution < 1.29 is 18.0 Å². The van der Waals surface area contributed by atoms with E-state index in [1.54, 1.807) is 17.3 Å². The van der Waals surface area contributed by atoms with Gasteiger partial charge in [-0.3, -0.25) is 9.78 Å². The van der Waals surface area contributed by atoms with E-state index in [1.807, 2.05) is 4.90 Å². The van der Waals surface area contributed by atoms with Gasteiger partial charge in [-0.05, 0) is 23.8 Å². The van der Waals surface area contributed by atoms with Crippen LogP contribution in [-0.4, -0.2) is 47.0 Å². The molecule has 0 bridgehead atoms. The lowest BCUT2D eigenvalue weighted by atomic mass is 10.1. The number of hydrogen-bond acceptors (Lipinski definition) is 4. The Morgan fingerprint density at radius 3 is 2.30 bits per heavy atom.